The number of carbonyl (C=O) groups excluding carboxylic acids is 2. The molecule has 0 spiro atoms. The van der Waals surface area contributed by atoms with Gasteiger partial charge in [0, 0.05) is 83.4 Å². The van der Waals surface area contributed by atoms with E-state index < -0.39 is 0 Å². The number of hydrogen-bond donors (Lipinski definition) is 1. The zero-order chi connectivity index (χ0) is 45.1. The molecule has 2 heterocycles. The maximum absolute atomic E-state index is 13.3. The second-order valence-corrected chi connectivity index (χ2v) is 21.6. The lowest BCUT2D eigenvalue weighted by atomic mass is 9.64. The minimum absolute atomic E-state index is 0.147. The first-order valence-electron chi connectivity index (χ1n) is 25.0. The van der Waals surface area contributed by atoms with E-state index in [4.69, 9.17) is 34.8 Å². The zero-order valence-corrected chi connectivity index (χ0v) is 40.7. The van der Waals surface area contributed by atoms with Gasteiger partial charge in [-0.15, -0.1) is 0 Å². The molecule has 2 aliphatic heterocycles. The Bertz CT molecular complexity index is 2090. The number of nitrogens with one attached hydrogen (secondary N) is 1. The van der Waals surface area contributed by atoms with Crippen LogP contribution in [0, 0.1) is 23.7 Å². The molecule has 0 unspecified atom stereocenters. The molecule has 4 aromatic rings. The molecule has 348 valence electrons. The van der Waals surface area contributed by atoms with Gasteiger partial charge in [0.2, 0.25) is 11.1 Å². The molecule has 6 aliphatic rings. The Labute approximate surface area is 404 Å². The van der Waals surface area contributed by atoms with Crippen LogP contribution in [0.3, 0.4) is 0 Å². The van der Waals surface area contributed by atoms with Crippen LogP contribution in [0.5, 0.6) is 0 Å². The van der Waals surface area contributed by atoms with Crippen molar-refractivity contribution in [3.63, 3.8) is 0 Å². The van der Waals surface area contributed by atoms with Crippen molar-refractivity contribution in [1.82, 2.24) is 9.80 Å². The molecule has 6 fully saturated rings. The highest BCUT2D eigenvalue weighted by Gasteiger charge is 2.42. The third kappa shape index (κ3) is 12.8. The fourth-order valence-electron chi connectivity index (χ4n) is 11.2. The number of amides is 1. The third-order valence-corrected chi connectivity index (χ3v) is 16.6. The quantitative estimate of drug-likeness (QED) is 0.128. The number of piperidine rings is 2. The van der Waals surface area contributed by atoms with Crippen molar-refractivity contribution in [2.45, 2.75) is 114 Å². The Morgan fingerprint density at radius 3 is 1.48 bits per heavy atom. The molecule has 10 rings (SSSR count). The van der Waals surface area contributed by atoms with Crippen molar-refractivity contribution in [2.24, 2.45) is 23.7 Å². The Morgan fingerprint density at radius 2 is 1.05 bits per heavy atom. The molecule has 6 nitrogen and oxygen atoms in total. The summed E-state index contributed by atoms with van der Waals surface area (Å²) in [6.45, 7) is 9.00. The molecule has 2 saturated heterocycles. The number of benzene rings is 4. The zero-order valence-electron chi connectivity index (χ0n) is 38.5. The summed E-state index contributed by atoms with van der Waals surface area (Å²) in [7, 11) is 0. The minimum Gasteiger partial charge on any atom is -0.385 e. The molecule has 4 aliphatic carbocycles. The van der Waals surface area contributed by atoms with E-state index in [1.165, 1.54) is 120 Å². The van der Waals surface area contributed by atoms with Gasteiger partial charge in [0.15, 0.2) is 0 Å². The molecule has 0 bridgehead atoms. The summed E-state index contributed by atoms with van der Waals surface area (Å²) in [4.78, 5) is 31.0. The smallest absolute Gasteiger partial charge is 0.230 e. The summed E-state index contributed by atoms with van der Waals surface area (Å²) < 4.78 is 0. The summed E-state index contributed by atoms with van der Waals surface area (Å²) >= 11 is 17.4. The maximum Gasteiger partial charge on any atom is 0.230 e. The van der Waals surface area contributed by atoms with Gasteiger partial charge < -0.3 is 20.0 Å². The van der Waals surface area contributed by atoms with Gasteiger partial charge in [0.25, 0.3) is 0 Å². The molecule has 9 heteroatoms. The van der Waals surface area contributed by atoms with E-state index in [-0.39, 0.29) is 22.5 Å². The van der Waals surface area contributed by atoms with Crippen LogP contribution in [-0.4, -0.2) is 73.3 Å². The maximum atomic E-state index is 13.3. The molecule has 2 atom stereocenters. The number of para-hydroxylation sites is 2. The number of carbonyl (C=O) groups is 2. The molecule has 0 radical (unpaired) electrons. The molecule has 4 saturated carbocycles. The standard InChI is InChI=1S/C28H35ClN2O.C23H29ClN2.C5H7ClO/c29-25-14-12-24(13-15-25)28(16-6-17-28)21-30-18-5-7-22(19-30)20-31(26-10-2-1-3-11-26)27(32)23-8-4-9-23;24-21-11-9-20(10-12-21)23(13-5-14-23)18-26-15-4-6-19(17-26)16-25-22-7-2-1-3-8-22;6-5(7)4-2-1-3-4/h1-3,10-15,22-23H,4-9,16-21H2;1-3,7-12,19,25H,4-6,13-18H2;4H,1-3H2/t22-;19-;/m10./s1. The van der Waals surface area contributed by atoms with E-state index in [0.717, 1.165) is 73.5 Å². The molecule has 1 N–H and O–H groups in total. The fourth-order valence-corrected chi connectivity index (χ4v) is 11.6. The van der Waals surface area contributed by atoms with E-state index in [0.29, 0.717) is 17.2 Å². The minimum atomic E-state index is -0.147. The SMILES string of the molecule is Clc1ccc(C2(CN3CCC[C@@H](CNc4ccccc4)C3)CCC2)cc1.O=C(C1CCC1)N(C[C@@H]1CCCN(CC2(c3ccc(Cl)cc3)CCC2)C1)c1ccccc1.O=C(Cl)C1CCC1. The predicted octanol–water partition coefficient (Wildman–Crippen LogP) is 13.4. The highest BCUT2D eigenvalue weighted by atomic mass is 35.5. The van der Waals surface area contributed by atoms with Crippen molar-refractivity contribution < 1.29 is 9.59 Å². The molecule has 1 amide bonds. The van der Waals surface area contributed by atoms with Crippen LogP contribution in [0.2, 0.25) is 10.0 Å². The summed E-state index contributed by atoms with van der Waals surface area (Å²) in [5.41, 5.74) is 5.88. The monoisotopic (exact) mass is 936 g/mol. The van der Waals surface area contributed by atoms with Crippen LogP contribution in [0.1, 0.15) is 114 Å². The van der Waals surface area contributed by atoms with Gasteiger partial charge in [-0.1, -0.05) is 110 Å². The lowest BCUT2D eigenvalue weighted by Crippen LogP contribution is -2.51. The second kappa shape index (κ2) is 23.1. The van der Waals surface area contributed by atoms with Crippen LogP contribution in [0.4, 0.5) is 11.4 Å². The van der Waals surface area contributed by atoms with E-state index >= 15 is 0 Å². The first kappa shape index (κ1) is 48.1. The van der Waals surface area contributed by atoms with Crippen LogP contribution in [0.15, 0.2) is 109 Å². The van der Waals surface area contributed by atoms with Crippen molar-refractivity contribution in [2.75, 3.05) is 62.6 Å². The van der Waals surface area contributed by atoms with Gasteiger partial charge in [-0.25, -0.2) is 0 Å². The molecule has 0 aromatic heterocycles. The predicted molar refractivity (Wildman–Crippen MR) is 272 cm³/mol. The van der Waals surface area contributed by atoms with E-state index in [1.54, 1.807) is 0 Å². The Morgan fingerprint density at radius 1 is 0.569 bits per heavy atom. The van der Waals surface area contributed by atoms with Gasteiger partial charge in [-0.2, -0.15) is 0 Å². The van der Waals surface area contributed by atoms with E-state index in [1.807, 2.05) is 18.2 Å². The van der Waals surface area contributed by atoms with Crippen molar-refractivity contribution in [1.29, 1.82) is 0 Å². The van der Waals surface area contributed by atoms with Gasteiger partial charge in [-0.3, -0.25) is 9.59 Å². The summed E-state index contributed by atoms with van der Waals surface area (Å²) in [6.07, 6.45) is 19.5. The molecule has 4 aromatic carbocycles. The van der Waals surface area contributed by atoms with Crippen molar-refractivity contribution >= 4 is 57.3 Å². The second-order valence-electron chi connectivity index (χ2n) is 20.4. The highest BCUT2D eigenvalue weighted by molar-refractivity contribution is 6.64. The van der Waals surface area contributed by atoms with Gasteiger partial charge >= 0.3 is 0 Å². The van der Waals surface area contributed by atoms with E-state index in [9.17, 15) is 9.59 Å². The first-order chi connectivity index (χ1) is 31.7. The fraction of sp³-hybridized carbons (Fsp3) is 0.536. The van der Waals surface area contributed by atoms with Gasteiger partial charge in [0.05, 0.1) is 0 Å². The topological polar surface area (TPSA) is 55.9 Å². The number of rotatable bonds is 14. The number of anilines is 2. The van der Waals surface area contributed by atoms with Crippen LogP contribution in [-0.2, 0) is 20.4 Å². The summed E-state index contributed by atoms with van der Waals surface area (Å²) in [6, 6.07) is 38.1. The van der Waals surface area contributed by atoms with E-state index in [2.05, 4.69) is 111 Å². The lowest BCUT2D eigenvalue weighted by molar-refractivity contribution is -0.125. The normalized spacial score (nSPS) is 22.8. The van der Waals surface area contributed by atoms with Gasteiger partial charge in [0.1, 0.15) is 0 Å². The number of nitrogens with zero attached hydrogens (tertiary/aromatic N) is 3. The summed E-state index contributed by atoms with van der Waals surface area (Å²) in [5, 5.41) is 5.13. The molecular formula is C56H71Cl3N4O2. The summed E-state index contributed by atoms with van der Waals surface area (Å²) in [5.74, 6) is 2.07. The largest absolute Gasteiger partial charge is 0.385 e. The highest BCUT2D eigenvalue weighted by Crippen LogP contribution is 2.46. The average Bonchev–Trinajstić information content (AvgIpc) is 3.25. The Balaban J connectivity index is 0.000000156. The van der Waals surface area contributed by atoms with Crippen LogP contribution in [0.25, 0.3) is 0 Å². The Kier molecular flexibility index (Phi) is 17.1. The molecule has 65 heavy (non-hydrogen) atoms. The van der Waals surface area contributed by atoms with Crippen LogP contribution >= 0.6 is 34.8 Å². The molecular weight excluding hydrogens is 867 g/mol. The van der Waals surface area contributed by atoms with Crippen molar-refractivity contribution in [3.05, 3.63) is 130 Å². The average molecular weight is 939 g/mol. The number of likely N-dealkylation sites (tertiary alicyclic amines) is 2. The number of halogens is 3. The van der Waals surface area contributed by atoms with Crippen molar-refractivity contribution in [3.8, 4) is 0 Å². The first-order valence-corrected chi connectivity index (χ1v) is 26.1. The van der Waals surface area contributed by atoms with Crippen LogP contribution < -0.4 is 10.2 Å². The van der Waals surface area contributed by atoms with Gasteiger partial charge in [-0.05, 0) is 173 Å². The lowest BCUT2D eigenvalue weighted by Gasteiger charge is -2.48. The number of hydrogen-bond acceptors (Lipinski definition) is 5. The third-order valence-electron chi connectivity index (χ3n) is 15.8. The Hall–Kier alpha value is -3.39.